The SMILES string of the molecule is Cc1ccc(S(=O)(=O)N(CCCN(C(C)OS(=O)(=O)c2ccccc2C)S(=O)(=O)c2ccc(C)cc2)C(C)OS(=O)(=O)c2ccccc2C)cc1. The summed E-state index contributed by atoms with van der Waals surface area (Å²) in [5.74, 6) is 0. The Kier molecular flexibility index (Phi) is 12.7. The van der Waals surface area contributed by atoms with E-state index in [0.717, 1.165) is 19.7 Å². The lowest BCUT2D eigenvalue weighted by Crippen LogP contribution is -2.45. The van der Waals surface area contributed by atoms with Gasteiger partial charge >= 0.3 is 0 Å². The number of nitrogens with zero attached hydrogens (tertiary/aromatic N) is 2. The first-order valence-electron chi connectivity index (χ1n) is 15.9. The lowest BCUT2D eigenvalue weighted by molar-refractivity contribution is 0.0938. The normalized spacial score (nSPS) is 14.1. The van der Waals surface area contributed by atoms with Crippen LogP contribution in [-0.4, -0.2) is 67.8 Å². The minimum Gasteiger partial charge on any atom is -0.246 e. The largest absolute Gasteiger partial charge is 0.298 e. The van der Waals surface area contributed by atoms with Crippen LogP contribution in [0.3, 0.4) is 0 Å². The summed E-state index contributed by atoms with van der Waals surface area (Å²) in [5, 5.41) is 0. The molecule has 4 rings (SSSR count). The zero-order chi connectivity index (χ0) is 37.8. The molecule has 0 aliphatic heterocycles. The second-order valence-corrected chi connectivity index (χ2v) is 18.9. The maximum absolute atomic E-state index is 14.0. The van der Waals surface area contributed by atoms with Gasteiger partial charge in [0.2, 0.25) is 20.0 Å². The zero-order valence-corrected chi connectivity index (χ0v) is 32.4. The van der Waals surface area contributed by atoms with Gasteiger partial charge in [0.15, 0.2) is 0 Å². The molecule has 0 N–H and O–H groups in total. The van der Waals surface area contributed by atoms with E-state index in [1.54, 1.807) is 76.2 Å². The van der Waals surface area contributed by atoms with E-state index in [4.69, 9.17) is 8.37 Å². The van der Waals surface area contributed by atoms with Crippen LogP contribution in [0.25, 0.3) is 0 Å². The quantitative estimate of drug-likeness (QED) is 0.105. The summed E-state index contributed by atoms with van der Waals surface area (Å²) in [4.78, 5) is -0.550. The summed E-state index contributed by atoms with van der Waals surface area (Å²) in [5.41, 5.74) is 2.37. The Balaban J connectivity index is 1.70. The Morgan fingerprint density at radius 1 is 0.490 bits per heavy atom. The van der Waals surface area contributed by atoms with Crippen LogP contribution in [0.5, 0.6) is 0 Å². The van der Waals surface area contributed by atoms with E-state index in [0.29, 0.717) is 11.1 Å². The third kappa shape index (κ3) is 9.50. The van der Waals surface area contributed by atoms with Crippen molar-refractivity contribution in [2.75, 3.05) is 13.1 Å². The van der Waals surface area contributed by atoms with Crippen molar-refractivity contribution in [1.29, 1.82) is 0 Å². The van der Waals surface area contributed by atoms with Crippen LogP contribution < -0.4 is 0 Å². The van der Waals surface area contributed by atoms with Gasteiger partial charge in [-0.1, -0.05) is 71.8 Å². The number of hydrogen-bond acceptors (Lipinski definition) is 10. The summed E-state index contributed by atoms with van der Waals surface area (Å²) in [6.07, 6.45) is -3.36. The predicted octanol–water partition coefficient (Wildman–Crippen LogP) is 5.49. The number of hydrogen-bond donors (Lipinski definition) is 0. The van der Waals surface area contributed by atoms with Gasteiger partial charge in [-0.3, -0.25) is 0 Å². The predicted molar refractivity (Wildman–Crippen MR) is 193 cm³/mol. The highest BCUT2D eigenvalue weighted by Crippen LogP contribution is 2.27. The van der Waals surface area contributed by atoms with Gasteiger partial charge in [-0.05, 0) is 95.5 Å². The first-order chi connectivity index (χ1) is 23.8. The van der Waals surface area contributed by atoms with E-state index >= 15 is 0 Å². The molecule has 0 bridgehead atoms. The number of benzene rings is 4. The molecule has 0 saturated carbocycles. The fourth-order valence-corrected chi connectivity index (χ4v) is 11.1. The lowest BCUT2D eigenvalue weighted by Gasteiger charge is -2.31. The van der Waals surface area contributed by atoms with Crippen molar-refractivity contribution in [2.24, 2.45) is 0 Å². The summed E-state index contributed by atoms with van der Waals surface area (Å²) in [6, 6.07) is 24.0. The minimum absolute atomic E-state index is 0.137. The Bertz CT molecular complexity index is 2110. The van der Waals surface area contributed by atoms with Gasteiger partial charge in [-0.15, -0.1) is 0 Å². The average molecular weight is 779 g/mol. The highest BCUT2D eigenvalue weighted by atomic mass is 32.2. The third-order valence-electron chi connectivity index (χ3n) is 8.08. The standard InChI is InChI=1S/C35H42N2O10S4/c1-26-16-20-32(21-17-26)48(38,39)36(30(5)46-50(42,43)34-14-9-7-12-28(34)3)24-11-25-37(49(40,41)33-22-18-27(2)19-23-33)31(6)47-51(44,45)35-15-10-8-13-29(35)4/h7-10,12-23,30-31H,11,24-25H2,1-6H3. The van der Waals surface area contributed by atoms with E-state index in [2.05, 4.69) is 0 Å². The van der Waals surface area contributed by atoms with Gasteiger partial charge in [0.25, 0.3) is 20.2 Å². The van der Waals surface area contributed by atoms with Crippen LogP contribution >= 0.6 is 0 Å². The molecule has 2 unspecified atom stereocenters. The fraction of sp³-hybridized carbons (Fsp3) is 0.314. The van der Waals surface area contributed by atoms with Crippen molar-refractivity contribution in [3.63, 3.8) is 0 Å². The molecule has 2 atom stereocenters. The summed E-state index contributed by atoms with van der Waals surface area (Å²) >= 11 is 0. The molecule has 12 nitrogen and oxygen atoms in total. The van der Waals surface area contributed by atoms with Crippen LogP contribution in [0.4, 0.5) is 0 Å². The number of aryl methyl sites for hydroxylation is 4. The molecular formula is C35H42N2O10S4. The maximum atomic E-state index is 14.0. The van der Waals surface area contributed by atoms with Crippen LogP contribution in [0.1, 0.15) is 42.5 Å². The highest BCUT2D eigenvalue weighted by Gasteiger charge is 2.36. The molecule has 4 aromatic rings. The van der Waals surface area contributed by atoms with Crippen molar-refractivity contribution < 1.29 is 42.0 Å². The minimum atomic E-state index is -4.45. The van der Waals surface area contributed by atoms with E-state index in [1.807, 2.05) is 0 Å². The molecule has 4 aromatic carbocycles. The Morgan fingerprint density at radius 2 is 0.804 bits per heavy atom. The molecule has 0 fully saturated rings. The second kappa shape index (κ2) is 16.0. The summed E-state index contributed by atoms with van der Waals surface area (Å²) < 4.78 is 122. The van der Waals surface area contributed by atoms with Gasteiger partial charge in [-0.2, -0.15) is 25.4 Å². The molecule has 0 spiro atoms. The monoisotopic (exact) mass is 778 g/mol. The van der Waals surface area contributed by atoms with Gasteiger partial charge < -0.3 is 0 Å². The van der Waals surface area contributed by atoms with Crippen molar-refractivity contribution in [2.45, 2.75) is 80.0 Å². The first kappa shape index (κ1) is 40.3. The van der Waals surface area contributed by atoms with Crippen LogP contribution in [0.2, 0.25) is 0 Å². The van der Waals surface area contributed by atoms with E-state index < -0.39 is 65.8 Å². The number of sulfonamides is 2. The Morgan fingerprint density at radius 3 is 1.12 bits per heavy atom. The van der Waals surface area contributed by atoms with Gasteiger partial charge in [0.05, 0.1) is 19.6 Å². The second-order valence-electron chi connectivity index (χ2n) is 12.0. The van der Waals surface area contributed by atoms with Crippen molar-refractivity contribution in [1.82, 2.24) is 8.61 Å². The molecule has 0 amide bonds. The number of rotatable bonds is 16. The average Bonchev–Trinajstić information content (AvgIpc) is 3.04. The molecule has 0 heterocycles. The van der Waals surface area contributed by atoms with Crippen molar-refractivity contribution >= 4 is 40.3 Å². The molecule has 0 aliphatic rings. The smallest absolute Gasteiger partial charge is 0.246 e. The molecule has 276 valence electrons. The molecule has 0 saturated heterocycles. The van der Waals surface area contributed by atoms with Gasteiger partial charge in [0, 0.05) is 13.1 Å². The Hall–Kier alpha value is -3.48. The molecule has 16 heteroatoms. The van der Waals surface area contributed by atoms with Gasteiger partial charge in [0.1, 0.15) is 12.5 Å². The van der Waals surface area contributed by atoms with Gasteiger partial charge in [-0.25, -0.2) is 25.2 Å². The highest BCUT2D eigenvalue weighted by molar-refractivity contribution is 7.89. The maximum Gasteiger partial charge on any atom is 0.298 e. The molecule has 0 aromatic heterocycles. The first-order valence-corrected chi connectivity index (χ1v) is 21.6. The Labute approximate surface area is 302 Å². The van der Waals surface area contributed by atoms with Crippen LogP contribution in [0.15, 0.2) is 117 Å². The molecule has 0 radical (unpaired) electrons. The third-order valence-corrected chi connectivity index (χ3v) is 15.1. The summed E-state index contributed by atoms with van der Waals surface area (Å²) in [6.45, 7) is 8.41. The van der Waals surface area contributed by atoms with Crippen molar-refractivity contribution in [3.05, 3.63) is 119 Å². The van der Waals surface area contributed by atoms with Crippen molar-refractivity contribution in [3.8, 4) is 0 Å². The zero-order valence-electron chi connectivity index (χ0n) is 29.1. The van der Waals surface area contributed by atoms with E-state index in [9.17, 15) is 33.7 Å². The molecule has 51 heavy (non-hydrogen) atoms. The van der Waals surface area contributed by atoms with Crippen LogP contribution in [-0.2, 0) is 48.6 Å². The van der Waals surface area contributed by atoms with E-state index in [1.165, 1.54) is 62.4 Å². The van der Waals surface area contributed by atoms with E-state index in [-0.39, 0.29) is 26.0 Å². The lowest BCUT2D eigenvalue weighted by atomic mass is 10.2. The summed E-state index contributed by atoms with van der Waals surface area (Å²) in [7, 11) is -17.7. The fourth-order valence-electron chi connectivity index (χ4n) is 5.31. The molecular weight excluding hydrogens is 737 g/mol. The topological polar surface area (TPSA) is 162 Å². The van der Waals surface area contributed by atoms with Crippen LogP contribution in [0, 0.1) is 27.7 Å². The molecule has 0 aliphatic carbocycles.